The van der Waals surface area contributed by atoms with Crippen LogP contribution in [-0.4, -0.2) is 12.7 Å². The lowest BCUT2D eigenvalue weighted by molar-refractivity contribution is 0.225. The van der Waals surface area contributed by atoms with Gasteiger partial charge < -0.3 is 15.2 Å². The number of unbranched alkanes of at least 4 members (excludes halogenated alkanes) is 1. The molecule has 1 aromatic rings. The molecule has 1 rings (SSSR count). The zero-order valence-corrected chi connectivity index (χ0v) is 13.3. The second kappa shape index (κ2) is 8.72. The lowest BCUT2D eigenvalue weighted by atomic mass is 10.0. The van der Waals surface area contributed by atoms with Crippen LogP contribution in [0.1, 0.15) is 53.4 Å². The summed E-state index contributed by atoms with van der Waals surface area (Å²) >= 11 is 0. The fourth-order valence-corrected chi connectivity index (χ4v) is 2.13. The fraction of sp³-hybridized carbons (Fsp3) is 0.647. The van der Waals surface area contributed by atoms with Gasteiger partial charge in [-0.05, 0) is 26.2 Å². The molecule has 0 fully saturated rings. The van der Waals surface area contributed by atoms with Gasteiger partial charge in [-0.1, -0.05) is 33.1 Å². The van der Waals surface area contributed by atoms with Crippen LogP contribution in [0.15, 0.2) is 18.2 Å². The van der Waals surface area contributed by atoms with Crippen molar-refractivity contribution >= 4 is 5.69 Å². The van der Waals surface area contributed by atoms with Crippen molar-refractivity contribution in [3.8, 4) is 11.5 Å². The number of hydrogen-bond acceptors (Lipinski definition) is 3. The second-order valence-corrected chi connectivity index (χ2v) is 5.63. The first kappa shape index (κ1) is 16.7. The number of rotatable bonds is 9. The largest absolute Gasteiger partial charge is 0.493 e. The minimum absolute atomic E-state index is 0.137. The molecule has 0 aliphatic heterocycles. The van der Waals surface area contributed by atoms with E-state index in [1.165, 1.54) is 19.3 Å². The van der Waals surface area contributed by atoms with Crippen molar-refractivity contribution in [1.29, 1.82) is 0 Å². The molecule has 1 aromatic carbocycles. The zero-order chi connectivity index (χ0) is 15.0. The summed E-state index contributed by atoms with van der Waals surface area (Å²) in [7, 11) is 0. The van der Waals surface area contributed by atoms with Crippen molar-refractivity contribution in [2.75, 3.05) is 12.3 Å². The molecule has 0 bridgehead atoms. The highest BCUT2D eigenvalue weighted by atomic mass is 16.5. The van der Waals surface area contributed by atoms with Crippen LogP contribution in [0.4, 0.5) is 5.69 Å². The summed E-state index contributed by atoms with van der Waals surface area (Å²) in [6.07, 6.45) is 5.02. The summed E-state index contributed by atoms with van der Waals surface area (Å²) in [5.74, 6) is 2.19. The maximum atomic E-state index is 5.90. The van der Waals surface area contributed by atoms with Crippen LogP contribution < -0.4 is 15.2 Å². The Bertz CT molecular complexity index is 391. The van der Waals surface area contributed by atoms with Crippen LogP contribution in [-0.2, 0) is 0 Å². The predicted molar refractivity (Wildman–Crippen MR) is 85.4 cm³/mol. The highest BCUT2D eigenvalue weighted by molar-refractivity contribution is 5.50. The summed E-state index contributed by atoms with van der Waals surface area (Å²) in [6.45, 7) is 9.20. The number of anilines is 1. The SMILES string of the molecule is CCCCC(CC)COc1cc(N)cc(OC(C)C)c1. The number of benzene rings is 1. The molecule has 114 valence electrons. The summed E-state index contributed by atoms with van der Waals surface area (Å²) in [5, 5.41) is 0. The molecule has 3 heteroatoms. The Hall–Kier alpha value is -1.38. The molecule has 0 saturated heterocycles. The van der Waals surface area contributed by atoms with E-state index in [0.29, 0.717) is 11.6 Å². The topological polar surface area (TPSA) is 44.5 Å². The normalized spacial score (nSPS) is 12.4. The second-order valence-electron chi connectivity index (χ2n) is 5.63. The molecule has 0 radical (unpaired) electrons. The highest BCUT2D eigenvalue weighted by Gasteiger charge is 2.08. The number of ether oxygens (including phenoxy) is 2. The first-order chi connectivity index (χ1) is 9.55. The van der Waals surface area contributed by atoms with Crippen LogP contribution in [0, 0.1) is 5.92 Å². The Morgan fingerprint density at radius 1 is 1.10 bits per heavy atom. The van der Waals surface area contributed by atoms with E-state index in [9.17, 15) is 0 Å². The first-order valence-corrected chi connectivity index (χ1v) is 7.75. The van der Waals surface area contributed by atoms with Gasteiger partial charge in [0.15, 0.2) is 0 Å². The molecule has 0 amide bonds. The third kappa shape index (κ3) is 6.18. The average Bonchev–Trinajstić information content (AvgIpc) is 2.37. The predicted octanol–water partition coefficient (Wildman–Crippen LogP) is 4.65. The maximum Gasteiger partial charge on any atom is 0.125 e. The average molecular weight is 279 g/mol. The third-order valence-electron chi connectivity index (χ3n) is 3.30. The van der Waals surface area contributed by atoms with Gasteiger partial charge in [0.25, 0.3) is 0 Å². The Balaban J connectivity index is 2.59. The van der Waals surface area contributed by atoms with Crippen LogP contribution >= 0.6 is 0 Å². The van der Waals surface area contributed by atoms with Crippen molar-refractivity contribution in [3.05, 3.63) is 18.2 Å². The van der Waals surface area contributed by atoms with Crippen molar-refractivity contribution in [1.82, 2.24) is 0 Å². The van der Waals surface area contributed by atoms with Crippen LogP contribution in [0.25, 0.3) is 0 Å². The molecule has 0 saturated carbocycles. The van der Waals surface area contributed by atoms with Gasteiger partial charge >= 0.3 is 0 Å². The minimum atomic E-state index is 0.137. The van der Waals surface area contributed by atoms with E-state index in [4.69, 9.17) is 15.2 Å². The van der Waals surface area contributed by atoms with Gasteiger partial charge in [0, 0.05) is 23.9 Å². The zero-order valence-electron chi connectivity index (χ0n) is 13.3. The van der Waals surface area contributed by atoms with Crippen molar-refractivity contribution in [2.45, 2.75) is 59.5 Å². The van der Waals surface area contributed by atoms with E-state index in [1.807, 2.05) is 32.0 Å². The highest BCUT2D eigenvalue weighted by Crippen LogP contribution is 2.26. The van der Waals surface area contributed by atoms with Gasteiger partial charge in [0.1, 0.15) is 11.5 Å². The van der Waals surface area contributed by atoms with Gasteiger partial charge in [-0.3, -0.25) is 0 Å². The minimum Gasteiger partial charge on any atom is -0.493 e. The molecule has 20 heavy (non-hydrogen) atoms. The molecule has 0 aromatic heterocycles. The van der Waals surface area contributed by atoms with Crippen molar-refractivity contribution in [2.24, 2.45) is 5.92 Å². The molecule has 0 spiro atoms. The van der Waals surface area contributed by atoms with Gasteiger partial charge in [-0.25, -0.2) is 0 Å². The molecule has 1 atom stereocenters. The lowest BCUT2D eigenvalue weighted by Gasteiger charge is -2.17. The summed E-state index contributed by atoms with van der Waals surface area (Å²) < 4.78 is 11.6. The van der Waals surface area contributed by atoms with Crippen LogP contribution in [0.2, 0.25) is 0 Å². The maximum absolute atomic E-state index is 5.90. The van der Waals surface area contributed by atoms with Crippen molar-refractivity contribution in [3.63, 3.8) is 0 Å². The molecule has 2 N–H and O–H groups in total. The first-order valence-electron chi connectivity index (χ1n) is 7.75. The third-order valence-corrected chi connectivity index (χ3v) is 3.30. The molecule has 1 unspecified atom stereocenters. The van der Waals surface area contributed by atoms with E-state index in [-0.39, 0.29) is 6.10 Å². The number of nitrogen functional groups attached to an aromatic ring is 1. The Morgan fingerprint density at radius 2 is 1.80 bits per heavy atom. The molecule has 0 aliphatic carbocycles. The summed E-state index contributed by atoms with van der Waals surface area (Å²) in [5.41, 5.74) is 6.57. The molecule has 0 aliphatic rings. The van der Waals surface area contributed by atoms with Gasteiger partial charge in [-0.15, -0.1) is 0 Å². The van der Waals surface area contributed by atoms with E-state index < -0.39 is 0 Å². The Morgan fingerprint density at radius 3 is 2.40 bits per heavy atom. The lowest BCUT2D eigenvalue weighted by Crippen LogP contribution is -2.12. The van der Waals surface area contributed by atoms with Gasteiger partial charge in [-0.2, -0.15) is 0 Å². The monoisotopic (exact) mass is 279 g/mol. The van der Waals surface area contributed by atoms with E-state index in [2.05, 4.69) is 13.8 Å². The Labute approximate surface area is 123 Å². The standard InChI is InChI=1S/C17H29NO2/c1-5-7-8-14(6-2)12-19-16-9-15(18)10-17(11-16)20-13(3)4/h9-11,13-14H,5-8,12,18H2,1-4H3. The van der Waals surface area contributed by atoms with Crippen molar-refractivity contribution < 1.29 is 9.47 Å². The van der Waals surface area contributed by atoms with E-state index in [0.717, 1.165) is 24.5 Å². The number of hydrogen-bond donors (Lipinski definition) is 1. The van der Waals surface area contributed by atoms with Crippen LogP contribution in [0.5, 0.6) is 11.5 Å². The van der Waals surface area contributed by atoms with Gasteiger partial charge in [0.05, 0.1) is 12.7 Å². The Kier molecular flexibility index (Phi) is 7.27. The molecular formula is C17H29NO2. The van der Waals surface area contributed by atoms with Gasteiger partial charge in [0.2, 0.25) is 0 Å². The fourth-order valence-electron chi connectivity index (χ4n) is 2.13. The van der Waals surface area contributed by atoms with E-state index >= 15 is 0 Å². The quantitative estimate of drug-likeness (QED) is 0.669. The summed E-state index contributed by atoms with van der Waals surface area (Å²) in [6, 6.07) is 5.61. The smallest absolute Gasteiger partial charge is 0.125 e. The van der Waals surface area contributed by atoms with E-state index in [1.54, 1.807) is 0 Å². The summed E-state index contributed by atoms with van der Waals surface area (Å²) in [4.78, 5) is 0. The number of nitrogens with two attached hydrogens (primary N) is 1. The molecule has 3 nitrogen and oxygen atoms in total. The molecular weight excluding hydrogens is 250 g/mol. The molecule has 0 heterocycles. The van der Waals surface area contributed by atoms with Crippen LogP contribution in [0.3, 0.4) is 0 Å².